The molecule has 0 heterocycles. The van der Waals surface area contributed by atoms with E-state index in [-0.39, 0.29) is 17.6 Å². The molecule has 0 radical (unpaired) electrons. The third kappa shape index (κ3) is 4.30. The molecule has 5 heteroatoms. The first-order chi connectivity index (χ1) is 10.9. The van der Waals surface area contributed by atoms with E-state index < -0.39 is 11.5 Å². The number of amides is 1. The summed E-state index contributed by atoms with van der Waals surface area (Å²) >= 11 is 0. The minimum Gasteiger partial charge on any atom is -0.480 e. The van der Waals surface area contributed by atoms with Gasteiger partial charge in [0.05, 0.1) is 0 Å². The van der Waals surface area contributed by atoms with E-state index in [2.05, 4.69) is 5.32 Å². The van der Waals surface area contributed by atoms with Crippen molar-refractivity contribution in [1.29, 1.82) is 0 Å². The van der Waals surface area contributed by atoms with Crippen molar-refractivity contribution in [3.8, 4) is 0 Å². The standard InChI is InChI=1S/C18H24FNO3/c1-13(9-10-14-7-3-4-8-15(14)19)16(21)20-18(17(22)23)11-5-2-6-12-18/h3-4,7-8,13H,2,5-6,9-12H2,1H3,(H,20,21)(H,22,23). The van der Waals surface area contributed by atoms with Gasteiger partial charge in [-0.3, -0.25) is 4.79 Å². The van der Waals surface area contributed by atoms with Gasteiger partial charge in [-0.25, -0.2) is 9.18 Å². The molecule has 0 aliphatic heterocycles. The quantitative estimate of drug-likeness (QED) is 0.845. The summed E-state index contributed by atoms with van der Waals surface area (Å²) in [6.07, 6.45) is 4.55. The highest BCUT2D eigenvalue weighted by atomic mass is 19.1. The maximum atomic E-state index is 13.6. The van der Waals surface area contributed by atoms with Gasteiger partial charge in [0.25, 0.3) is 0 Å². The average molecular weight is 321 g/mol. The lowest BCUT2D eigenvalue weighted by Crippen LogP contribution is -2.56. The number of aryl methyl sites for hydroxylation is 1. The molecule has 0 aromatic heterocycles. The van der Waals surface area contributed by atoms with Gasteiger partial charge in [-0.05, 0) is 37.3 Å². The Morgan fingerprint density at radius 1 is 1.26 bits per heavy atom. The van der Waals surface area contributed by atoms with Crippen LogP contribution in [-0.2, 0) is 16.0 Å². The van der Waals surface area contributed by atoms with Crippen LogP contribution in [0, 0.1) is 11.7 Å². The molecule has 1 unspecified atom stereocenters. The van der Waals surface area contributed by atoms with Crippen molar-refractivity contribution in [3.63, 3.8) is 0 Å². The Balaban J connectivity index is 1.94. The van der Waals surface area contributed by atoms with Gasteiger partial charge in [0.1, 0.15) is 11.4 Å². The van der Waals surface area contributed by atoms with E-state index in [1.54, 1.807) is 25.1 Å². The molecule has 1 aliphatic rings. The van der Waals surface area contributed by atoms with Crippen LogP contribution in [0.4, 0.5) is 4.39 Å². The van der Waals surface area contributed by atoms with Gasteiger partial charge in [0.15, 0.2) is 0 Å². The molecule has 4 nitrogen and oxygen atoms in total. The summed E-state index contributed by atoms with van der Waals surface area (Å²) in [6, 6.07) is 6.51. The van der Waals surface area contributed by atoms with E-state index in [0.717, 1.165) is 19.3 Å². The third-order valence-electron chi connectivity index (χ3n) is 4.73. The molecule has 1 aromatic carbocycles. The Morgan fingerprint density at radius 2 is 1.91 bits per heavy atom. The molecular weight excluding hydrogens is 297 g/mol. The second kappa shape index (κ2) is 7.57. The van der Waals surface area contributed by atoms with Crippen molar-refractivity contribution in [1.82, 2.24) is 5.32 Å². The number of hydrogen-bond acceptors (Lipinski definition) is 2. The van der Waals surface area contributed by atoms with Crippen LogP contribution in [0.15, 0.2) is 24.3 Å². The Kier molecular flexibility index (Phi) is 5.74. The van der Waals surface area contributed by atoms with Gasteiger partial charge in [0, 0.05) is 5.92 Å². The molecule has 1 atom stereocenters. The third-order valence-corrected chi connectivity index (χ3v) is 4.73. The first-order valence-corrected chi connectivity index (χ1v) is 8.23. The number of nitrogens with one attached hydrogen (secondary N) is 1. The zero-order valence-corrected chi connectivity index (χ0v) is 13.5. The lowest BCUT2D eigenvalue weighted by atomic mass is 9.81. The summed E-state index contributed by atoms with van der Waals surface area (Å²) in [7, 11) is 0. The van der Waals surface area contributed by atoms with Crippen molar-refractivity contribution in [2.75, 3.05) is 0 Å². The second-order valence-electron chi connectivity index (χ2n) is 6.47. The van der Waals surface area contributed by atoms with E-state index in [1.165, 1.54) is 6.07 Å². The molecular formula is C18H24FNO3. The number of carboxylic acids is 1. The summed E-state index contributed by atoms with van der Waals surface area (Å²) in [5, 5.41) is 12.2. The minimum atomic E-state index is -1.12. The van der Waals surface area contributed by atoms with Crippen LogP contribution in [0.1, 0.15) is 51.0 Å². The van der Waals surface area contributed by atoms with Gasteiger partial charge in [-0.2, -0.15) is 0 Å². The zero-order valence-electron chi connectivity index (χ0n) is 13.5. The Morgan fingerprint density at radius 3 is 2.52 bits per heavy atom. The molecule has 2 rings (SSSR count). The topological polar surface area (TPSA) is 66.4 Å². The largest absolute Gasteiger partial charge is 0.480 e. The van der Waals surface area contributed by atoms with Crippen molar-refractivity contribution < 1.29 is 19.1 Å². The molecule has 0 spiro atoms. The van der Waals surface area contributed by atoms with Crippen LogP contribution in [-0.4, -0.2) is 22.5 Å². The van der Waals surface area contributed by atoms with Crippen LogP contribution >= 0.6 is 0 Å². The number of benzene rings is 1. The molecule has 2 N–H and O–H groups in total. The second-order valence-corrected chi connectivity index (χ2v) is 6.47. The fraction of sp³-hybridized carbons (Fsp3) is 0.556. The Hall–Kier alpha value is -1.91. The first kappa shape index (κ1) is 17.4. The van der Waals surface area contributed by atoms with Gasteiger partial charge in [-0.15, -0.1) is 0 Å². The van der Waals surface area contributed by atoms with E-state index in [0.29, 0.717) is 31.2 Å². The van der Waals surface area contributed by atoms with Crippen molar-refractivity contribution in [2.45, 2.75) is 57.4 Å². The summed E-state index contributed by atoms with van der Waals surface area (Å²) in [5.74, 6) is -1.83. The highest BCUT2D eigenvalue weighted by Gasteiger charge is 2.41. The van der Waals surface area contributed by atoms with Gasteiger partial charge >= 0.3 is 5.97 Å². The molecule has 0 saturated heterocycles. The molecule has 23 heavy (non-hydrogen) atoms. The summed E-state index contributed by atoms with van der Waals surface area (Å²) in [4.78, 5) is 24.0. The molecule has 0 bridgehead atoms. The maximum Gasteiger partial charge on any atom is 0.329 e. The Bertz CT molecular complexity index is 567. The van der Waals surface area contributed by atoms with Gasteiger partial charge < -0.3 is 10.4 Å². The maximum absolute atomic E-state index is 13.6. The lowest BCUT2D eigenvalue weighted by molar-refractivity contribution is -0.150. The lowest BCUT2D eigenvalue weighted by Gasteiger charge is -2.34. The van der Waals surface area contributed by atoms with Crippen LogP contribution in [0.25, 0.3) is 0 Å². The van der Waals surface area contributed by atoms with Crippen LogP contribution in [0.5, 0.6) is 0 Å². The van der Waals surface area contributed by atoms with E-state index in [1.807, 2.05) is 0 Å². The van der Waals surface area contributed by atoms with Crippen molar-refractivity contribution >= 4 is 11.9 Å². The molecule has 1 fully saturated rings. The fourth-order valence-electron chi connectivity index (χ4n) is 3.11. The highest BCUT2D eigenvalue weighted by Crippen LogP contribution is 2.29. The molecule has 1 aliphatic carbocycles. The van der Waals surface area contributed by atoms with Gasteiger partial charge in [-0.1, -0.05) is 44.4 Å². The predicted molar refractivity (Wildman–Crippen MR) is 85.5 cm³/mol. The van der Waals surface area contributed by atoms with Crippen molar-refractivity contribution in [2.24, 2.45) is 5.92 Å². The summed E-state index contributed by atoms with van der Waals surface area (Å²) in [6.45, 7) is 1.76. The number of carboxylic acid groups (broad SMARTS) is 1. The molecule has 1 saturated carbocycles. The molecule has 126 valence electrons. The monoisotopic (exact) mass is 321 g/mol. The number of aliphatic carboxylic acids is 1. The van der Waals surface area contributed by atoms with Crippen LogP contribution < -0.4 is 5.32 Å². The number of rotatable bonds is 6. The number of carbonyl (C=O) groups is 2. The number of hydrogen-bond donors (Lipinski definition) is 2. The first-order valence-electron chi connectivity index (χ1n) is 8.23. The van der Waals surface area contributed by atoms with Crippen LogP contribution in [0.3, 0.4) is 0 Å². The van der Waals surface area contributed by atoms with Crippen molar-refractivity contribution in [3.05, 3.63) is 35.6 Å². The van der Waals surface area contributed by atoms with Gasteiger partial charge in [0.2, 0.25) is 5.91 Å². The normalized spacial score (nSPS) is 18.2. The fourth-order valence-corrected chi connectivity index (χ4v) is 3.11. The smallest absolute Gasteiger partial charge is 0.329 e. The summed E-state index contributed by atoms with van der Waals surface area (Å²) < 4.78 is 13.6. The number of carbonyl (C=O) groups excluding carboxylic acids is 1. The highest BCUT2D eigenvalue weighted by molar-refractivity contribution is 5.88. The summed E-state index contributed by atoms with van der Waals surface area (Å²) in [5.41, 5.74) is -0.542. The minimum absolute atomic E-state index is 0.259. The predicted octanol–water partition coefficient (Wildman–Crippen LogP) is 3.30. The van der Waals surface area contributed by atoms with E-state index >= 15 is 0 Å². The SMILES string of the molecule is CC(CCc1ccccc1F)C(=O)NC1(C(=O)O)CCCCC1. The Labute approximate surface area is 136 Å². The average Bonchev–Trinajstić information content (AvgIpc) is 2.54. The van der Waals surface area contributed by atoms with Crippen LogP contribution in [0.2, 0.25) is 0 Å². The number of halogens is 1. The zero-order chi connectivity index (χ0) is 16.9. The van der Waals surface area contributed by atoms with E-state index in [4.69, 9.17) is 0 Å². The molecule has 1 aromatic rings. The molecule has 1 amide bonds. The van der Waals surface area contributed by atoms with E-state index in [9.17, 15) is 19.1 Å².